The molecule has 0 bridgehead atoms. The molecule has 2 N–H and O–H groups in total. The van der Waals surface area contributed by atoms with Crippen molar-refractivity contribution in [2.45, 2.75) is 38.3 Å². The van der Waals surface area contributed by atoms with Crippen LogP contribution in [0.2, 0.25) is 0 Å². The van der Waals surface area contributed by atoms with Crippen LogP contribution in [0.15, 0.2) is 18.2 Å². The minimum absolute atomic E-state index is 0.261. The number of benzene rings is 1. The van der Waals surface area contributed by atoms with Crippen LogP contribution in [0.5, 0.6) is 11.5 Å². The summed E-state index contributed by atoms with van der Waals surface area (Å²) < 4.78 is 11.2. The van der Waals surface area contributed by atoms with Crippen LogP contribution in [-0.2, 0) is 6.42 Å². The molecule has 0 aliphatic heterocycles. The van der Waals surface area contributed by atoms with Crippen LogP contribution in [0.3, 0.4) is 0 Å². The summed E-state index contributed by atoms with van der Waals surface area (Å²) in [6, 6.07) is 6.41. The predicted octanol–water partition coefficient (Wildman–Crippen LogP) is 2.13. The summed E-state index contributed by atoms with van der Waals surface area (Å²) >= 11 is 0. The van der Waals surface area contributed by atoms with E-state index >= 15 is 0 Å². The molecule has 1 fully saturated rings. The van der Waals surface area contributed by atoms with Gasteiger partial charge in [0.1, 0.15) is 6.10 Å². The van der Waals surface area contributed by atoms with E-state index in [0.29, 0.717) is 6.04 Å². The number of hydrogen-bond donors (Lipinski definition) is 1. The van der Waals surface area contributed by atoms with Crippen molar-refractivity contribution in [1.29, 1.82) is 0 Å². The summed E-state index contributed by atoms with van der Waals surface area (Å²) in [6.45, 7) is 2.13. The third-order valence-corrected chi connectivity index (χ3v) is 3.06. The maximum atomic E-state index is 5.84. The normalized spacial score (nSPS) is 23.7. The molecule has 16 heavy (non-hydrogen) atoms. The van der Waals surface area contributed by atoms with E-state index in [4.69, 9.17) is 15.2 Å². The number of hydrogen-bond acceptors (Lipinski definition) is 3. The van der Waals surface area contributed by atoms with Crippen molar-refractivity contribution in [2.24, 2.45) is 5.73 Å². The molecule has 3 heteroatoms. The largest absolute Gasteiger partial charge is 0.493 e. The zero-order chi connectivity index (χ0) is 11.5. The van der Waals surface area contributed by atoms with Crippen LogP contribution >= 0.6 is 0 Å². The zero-order valence-electron chi connectivity index (χ0n) is 9.90. The second-order valence-electron chi connectivity index (χ2n) is 4.31. The Morgan fingerprint density at radius 1 is 1.31 bits per heavy atom. The lowest BCUT2D eigenvalue weighted by Gasteiger charge is -2.33. The van der Waals surface area contributed by atoms with Crippen LogP contribution in [0, 0.1) is 0 Å². The molecule has 0 atom stereocenters. The Morgan fingerprint density at radius 3 is 2.62 bits per heavy atom. The molecule has 1 aliphatic rings. The van der Waals surface area contributed by atoms with Gasteiger partial charge in [0.05, 0.1) is 7.11 Å². The van der Waals surface area contributed by atoms with Crippen molar-refractivity contribution in [3.05, 3.63) is 23.8 Å². The fraction of sp³-hybridized carbons (Fsp3) is 0.538. The van der Waals surface area contributed by atoms with Crippen LogP contribution in [0.4, 0.5) is 0 Å². The number of methoxy groups -OCH3 is 1. The van der Waals surface area contributed by atoms with Gasteiger partial charge >= 0.3 is 0 Å². The Labute approximate surface area is 96.5 Å². The maximum Gasteiger partial charge on any atom is 0.161 e. The second kappa shape index (κ2) is 4.74. The molecular weight excluding hydrogens is 202 g/mol. The van der Waals surface area contributed by atoms with Gasteiger partial charge in [-0.1, -0.05) is 13.0 Å². The number of rotatable bonds is 4. The van der Waals surface area contributed by atoms with E-state index in [-0.39, 0.29) is 6.10 Å². The average molecular weight is 221 g/mol. The van der Waals surface area contributed by atoms with Gasteiger partial charge in [-0.15, -0.1) is 0 Å². The molecule has 3 nitrogen and oxygen atoms in total. The van der Waals surface area contributed by atoms with Crippen molar-refractivity contribution < 1.29 is 9.47 Å². The molecule has 1 saturated carbocycles. The van der Waals surface area contributed by atoms with Crippen molar-refractivity contribution in [3.63, 3.8) is 0 Å². The summed E-state index contributed by atoms with van der Waals surface area (Å²) in [5, 5.41) is 0. The Kier molecular flexibility index (Phi) is 3.34. The van der Waals surface area contributed by atoms with Gasteiger partial charge in [-0.3, -0.25) is 0 Å². The third kappa shape index (κ3) is 2.30. The fourth-order valence-electron chi connectivity index (χ4n) is 1.91. The first-order valence-electron chi connectivity index (χ1n) is 5.82. The predicted molar refractivity (Wildman–Crippen MR) is 64.0 cm³/mol. The third-order valence-electron chi connectivity index (χ3n) is 3.06. The van der Waals surface area contributed by atoms with Gasteiger partial charge in [0.2, 0.25) is 0 Å². The number of aryl methyl sites for hydroxylation is 1. The van der Waals surface area contributed by atoms with E-state index in [0.717, 1.165) is 30.8 Å². The topological polar surface area (TPSA) is 44.5 Å². The maximum absolute atomic E-state index is 5.84. The highest BCUT2D eigenvalue weighted by Gasteiger charge is 2.28. The molecule has 88 valence electrons. The van der Waals surface area contributed by atoms with E-state index in [1.807, 2.05) is 12.1 Å². The average Bonchev–Trinajstić information content (AvgIpc) is 2.27. The summed E-state index contributed by atoms with van der Waals surface area (Å²) in [7, 11) is 1.67. The lowest BCUT2D eigenvalue weighted by atomic mass is 9.90. The summed E-state index contributed by atoms with van der Waals surface area (Å²) in [4.78, 5) is 0. The van der Waals surface area contributed by atoms with Crippen LogP contribution < -0.4 is 15.2 Å². The van der Waals surface area contributed by atoms with Gasteiger partial charge in [0, 0.05) is 6.04 Å². The van der Waals surface area contributed by atoms with E-state index in [1.165, 1.54) is 5.56 Å². The molecule has 0 unspecified atom stereocenters. The standard InChI is InChI=1S/C13H19NO2/c1-3-9-4-5-12(13(6-9)15-2)16-11-7-10(14)8-11/h4-6,10-11H,3,7-8,14H2,1-2H3. The van der Waals surface area contributed by atoms with Gasteiger partial charge in [-0.2, -0.15) is 0 Å². The zero-order valence-corrected chi connectivity index (χ0v) is 9.90. The lowest BCUT2D eigenvalue weighted by molar-refractivity contribution is 0.0973. The van der Waals surface area contributed by atoms with Gasteiger partial charge in [0.25, 0.3) is 0 Å². The molecule has 0 aromatic heterocycles. The Morgan fingerprint density at radius 2 is 2.06 bits per heavy atom. The summed E-state index contributed by atoms with van der Waals surface area (Å²) in [5.41, 5.74) is 6.99. The van der Waals surface area contributed by atoms with Gasteiger partial charge < -0.3 is 15.2 Å². The van der Waals surface area contributed by atoms with E-state index in [1.54, 1.807) is 7.11 Å². The molecule has 1 aliphatic carbocycles. The van der Waals surface area contributed by atoms with E-state index in [2.05, 4.69) is 13.0 Å². The first kappa shape index (κ1) is 11.3. The SMILES string of the molecule is CCc1ccc(OC2CC(N)C2)c(OC)c1. The molecule has 2 rings (SSSR count). The van der Waals surface area contributed by atoms with Gasteiger partial charge in [-0.25, -0.2) is 0 Å². The molecule has 1 aromatic rings. The Balaban J connectivity index is 2.07. The Hall–Kier alpha value is -1.22. The molecular formula is C13H19NO2. The van der Waals surface area contributed by atoms with Crippen LogP contribution in [0.1, 0.15) is 25.3 Å². The lowest BCUT2D eigenvalue weighted by Crippen LogP contribution is -2.43. The highest BCUT2D eigenvalue weighted by atomic mass is 16.5. The fourth-order valence-corrected chi connectivity index (χ4v) is 1.91. The van der Waals surface area contributed by atoms with Crippen molar-refractivity contribution in [1.82, 2.24) is 0 Å². The van der Waals surface area contributed by atoms with Gasteiger partial charge in [0.15, 0.2) is 11.5 Å². The molecule has 0 heterocycles. The highest BCUT2D eigenvalue weighted by Crippen LogP contribution is 2.32. The quantitative estimate of drug-likeness (QED) is 0.847. The first-order valence-corrected chi connectivity index (χ1v) is 5.82. The summed E-state index contributed by atoms with van der Waals surface area (Å²) in [5.74, 6) is 1.65. The molecule has 1 aromatic carbocycles. The van der Waals surface area contributed by atoms with E-state index in [9.17, 15) is 0 Å². The molecule has 0 amide bonds. The molecule has 0 spiro atoms. The van der Waals surface area contributed by atoms with Crippen LogP contribution in [-0.4, -0.2) is 19.3 Å². The molecule has 0 radical (unpaired) electrons. The minimum atomic E-state index is 0.261. The van der Waals surface area contributed by atoms with Crippen molar-refractivity contribution in [2.75, 3.05) is 7.11 Å². The Bertz CT molecular complexity index is 359. The number of nitrogens with two attached hydrogens (primary N) is 1. The van der Waals surface area contributed by atoms with Crippen molar-refractivity contribution >= 4 is 0 Å². The monoisotopic (exact) mass is 221 g/mol. The van der Waals surface area contributed by atoms with Crippen molar-refractivity contribution in [3.8, 4) is 11.5 Å². The van der Waals surface area contributed by atoms with Crippen LogP contribution in [0.25, 0.3) is 0 Å². The smallest absolute Gasteiger partial charge is 0.161 e. The van der Waals surface area contributed by atoms with Gasteiger partial charge in [-0.05, 0) is 37.0 Å². The first-order chi connectivity index (χ1) is 7.72. The second-order valence-corrected chi connectivity index (χ2v) is 4.31. The minimum Gasteiger partial charge on any atom is -0.493 e. The summed E-state index contributed by atoms with van der Waals surface area (Å²) in [6.07, 6.45) is 3.15. The van der Waals surface area contributed by atoms with E-state index < -0.39 is 0 Å². The number of ether oxygens (including phenoxy) is 2. The molecule has 0 saturated heterocycles. The highest BCUT2D eigenvalue weighted by molar-refractivity contribution is 5.43.